The van der Waals surface area contributed by atoms with Gasteiger partial charge >= 0.3 is 29.6 Å². The van der Waals surface area contributed by atoms with Crippen LogP contribution in [0.25, 0.3) is 0 Å². The number of para-hydroxylation sites is 1. The maximum Gasteiger partial charge on any atom is 1.00 e. The van der Waals surface area contributed by atoms with E-state index in [1.807, 2.05) is 13.0 Å². The molecule has 0 radical (unpaired) electrons. The number of aromatic carboxylic acids is 1. The number of benzene rings is 3. The standard InChI is InChI=1S/C18H20O2.C14H11Cl2NO2.Na/c1-18-9-8-14-13-5-3-12(19)10-11(13)2-4-15(14)16(18)6-7-17(18)20;1-8-6-7-10(15)13(12(8)16)17-11-5-3-2-4-9(11)14(18)19;/h3-5,10,14,16,19H,2,6-9H2,1H3;2-7,17H,1H3,(H,18,19);/q;;+1/p-1. The van der Waals surface area contributed by atoms with Crippen molar-refractivity contribution in [2.45, 2.75) is 51.9 Å². The van der Waals surface area contributed by atoms with Crippen molar-refractivity contribution >= 4 is 46.3 Å². The summed E-state index contributed by atoms with van der Waals surface area (Å²) in [5, 5.41) is 24.5. The van der Waals surface area contributed by atoms with Crippen LogP contribution in [0.1, 0.15) is 65.6 Å². The predicted molar refractivity (Wildman–Crippen MR) is 153 cm³/mol. The second-order valence-corrected chi connectivity index (χ2v) is 11.6. The van der Waals surface area contributed by atoms with E-state index >= 15 is 0 Å². The largest absolute Gasteiger partial charge is 1.00 e. The number of hydrogen-bond donors (Lipinski definition) is 2. The molecule has 5 nitrogen and oxygen atoms in total. The Bertz CT molecular complexity index is 1500. The number of aryl methyl sites for hydroxylation is 1. The fraction of sp³-hybridized carbons (Fsp3) is 0.312. The minimum atomic E-state index is -1.26. The van der Waals surface area contributed by atoms with Gasteiger partial charge in [0, 0.05) is 29.0 Å². The minimum Gasteiger partial charge on any atom is -0.545 e. The van der Waals surface area contributed by atoms with Crippen LogP contribution in [0, 0.1) is 18.3 Å². The number of nitrogens with one attached hydrogen (secondary N) is 1. The molecule has 40 heavy (non-hydrogen) atoms. The molecular formula is C32H30Cl2NNaO4. The smallest absolute Gasteiger partial charge is 0.545 e. The molecule has 0 aliphatic heterocycles. The van der Waals surface area contributed by atoms with Crippen LogP contribution in [0.5, 0.6) is 5.75 Å². The summed E-state index contributed by atoms with van der Waals surface area (Å²) in [5.74, 6) is 0.498. The number of halogens is 2. The SMILES string of the molecule is CC12CCC3C(=CCc4cc(O)ccc43)C1CCC2=O.Cc1ccc(Cl)c(Nc2ccccc2C(=O)[O-])c1Cl.[Na+]. The van der Waals surface area contributed by atoms with E-state index in [1.165, 1.54) is 22.8 Å². The van der Waals surface area contributed by atoms with E-state index in [2.05, 4.69) is 24.4 Å². The number of hydrogen-bond acceptors (Lipinski definition) is 5. The Morgan fingerprint density at radius 2 is 1.85 bits per heavy atom. The molecule has 3 aliphatic carbocycles. The first kappa shape index (κ1) is 30.7. The predicted octanol–water partition coefficient (Wildman–Crippen LogP) is 4.15. The normalized spacial score (nSPS) is 22.4. The first-order valence-corrected chi connectivity index (χ1v) is 13.9. The summed E-state index contributed by atoms with van der Waals surface area (Å²) in [5.41, 5.74) is 5.80. The summed E-state index contributed by atoms with van der Waals surface area (Å²) in [4.78, 5) is 23.3. The van der Waals surface area contributed by atoms with Crippen molar-refractivity contribution < 1.29 is 49.4 Å². The van der Waals surface area contributed by atoms with Gasteiger partial charge in [-0.1, -0.05) is 72.1 Å². The van der Waals surface area contributed by atoms with Crippen molar-refractivity contribution in [1.29, 1.82) is 0 Å². The number of rotatable bonds is 3. The van der Waals surface area contributed by atoms with Gasteiger partial charge in [0.2, 0.25) is 0 Å². The zero-order valence-electron chi connectivity index (χ0n) is 22.9. The van der Waals surface area contributed by atoms with Crippen LogP contribution in [0.3, 0.4) is 0 Å². The number of phenols is 1. The Hall–Kier alpha value is -2.28. The molecule has 0 bridgehead atoms. The minimum absolute atomic E-state index is 0. The molecule has 0 saturated heterocycles. The Balaban J connectivity index is 0.000000181. The number of ketones is 1. The summed E-state index contributed by atoms with van der Waals surface area (Å²) in [7, 11) is 0. The van der Waals surface area contributed by atoms with Gasteiger partial charge in [-0.15, -0.1) is 0 Å². The molecule has 3 unspecified atom stereocenters. The number of aromatic hydroxyl groups is 1. The van der Waals surface area contributed by atoms with Crippen LogP contribution in [-0.2, 0) is 11.2 Å². The number of Topliss-reactive ketones (excluding diaryl/α,β-unsaturated/α-hetero) is 1. The van der Waals surface area contributed by atoms with Crippen LogP contribution >= 0.6 is 23.2 Å². The zero-order valence-corrected chi connectivity index (χ0v) is 26.4. The number of phenolic OH excluding ortho intramolecular Hbond substituents is 1. The number of carboxylic acid groups (broad SMARTS) is 1. The zero-order chi connectivity index (χ0) is 27.9. The van der Waals surface area contributed by atoms with E-state index in [1.54, 1.807) is 36.4 Å². The third-order valence-corrected chi connectivity index (χ3v) is 9.38. The van der Waals surface area contributed by atoms with Gasteiger partial charge in [-0.2, -0.15) is 0 Å². The molecule has 0 spiro atoms. The van der Waals surface area contributed by atoms with E-state index in [9.17, 15) is 19.8 Å². The third-order valence-electron chi connectivity index (χ3n) is 8.57. The molecule has 8 heteroatoms. The topological polar surface area (TPSA) is 89.5 Å². The summed E-state index contributed by atoms with van der Waals surface area (Å²) in [6, 6.07) is 15.7. The number of carboxylic acids is 1. The van der Waals surface area contributed by atoms with Crippen LogP contribution in [0.4, 0.5) is 11.4 Å². The average molecular weight is 586 g/mol. The first-order valence-electron chi connectivity index (χ1n) is 13.2. The van der Waals surface area contributed by atoms with Crippen molar-refractivity contribution in [2.24, 2.45) is 11.3 Å². The Labute approximate surface area is 266 Å². The second-order valence-electron chi connectivity index (χ2n) is 10.8. The second kappa shape index (κ2) is 12.3. The van der Waals surface area contributed by atoms with E-state index in [-0.39, 0.29) is 40.5 Å². The summed E-state index contributed by atoms with van der Waals surface area (Å²) < 4.78 is 0. The quantitative estimate of drug-likeness (QED) is 0.356. The molecule has 0 aromatic heterocycles. The Morgan fingerprint density at radius 1 is 1.10 bits per heavy atom. The van der Waals surface area contributed by atoms with E-state index in [0.717, 1.165) is 37.7 Å². The van der Waals surface area contributed by atoms with Gasteiger partial charge in [-0.05, 0) is 79.5 Å². The van der Waals surface area contributed by atoms with Gasteiger partial charge in [-0.3, -0.25) is 4.79 Å². The van der Waals surface area contributed by atoms with Gasteiger partial charge in [0.15, 0.2) is 0 Å². The fourth-order valence-corrected chi connectivity index (χ4v) is 6.87. The van der Waals surface area contributed by atoms with E-state index in [4.69, 9.17) is 23.2 Å². The summed E-state index contributed by atoms with van der Waals surface area (Å²) >= 11 is 12.2. The number of carbonyl (C=O) groups is 2. The fourth-order valence-electron chi connectivity index (χ4n) is 6.41. The monoisotopic (exact) mass is 585 g/mol. The first-order chi connectivity index (χ1) is 18.6. The van der Waals surface area contributed by atoms with Crippen molar-refractivity contribution in [3.8, 4) is 5.75 Å². The molecule has 3 aromatic rings. The third kappa shape index (κ3) is 5.73. The molecule has 6 rings (SSSR count). The maximum absolute atomic E-state index is 12.2. The molecule has 2 fully saturated rings. The van der Waals surface area contributed by atoms with Crippen LogP contribution in [0.15, 0.2) is 66.2 Å². The van der Waals surface area contributed by atoms with Gasteiger partial charge in [0.05, 0.1) is 21.7 Å². The number of carbonyl (C=O) groups excluding carboxylic acids is 2. The molecule has 0 heterocycles. The van der Waals surface area contributed by atoms with Crippen molar-refractivity contribution in [1.82, 2.24) is 0 Å². The molecule has 3 atom stereocenters. The molecule has 3 aromatic carbocycles. The van der Waals surface area contributed by atoms with E-state index in [0.29, 0.717) is 44.8 Å². The average Bonchev–Trinajstić information content (AvgIpc) is 3.23. The molecule has 0 amide bonds. The van der Waals surface area contributed by atoms with Gasteiger partial charge < -0.3 is 20.3 Å². The Kier molecular flexibility index (Phi) is 9.43. The van der Waals surface area contributed by atoms with Gasteiger partial charge in [0.25, 0.3) is 0 Å². The molecular weight excluding hydrogens is 556 g/mol. The number of fused-ring (bicyclic) bond motifs is 5. The van der Waals surface area contributed by atoms with Crippen molar-refractivity contribution in [2.75, 3.05) is 5.32 Å². The molecule has 2 saturated carbocycles. The maximum atomic E-state index is 12.2. The molecule has 3 aliphatic rings. The van der Waals surface area contributed by atoms with Gasteiger partial charge in [-0.25, -0.2) is 0 Å². The molecule has 2 N–H and O–H groups in total. The summed E-state index contributed by atoms with van der Waals surface area (Å²) in [6.45, 7) is 4.02. The summed E-state index contributed by atoms with van der Waals surface area (Å²) in [6.07, 6.45) is 7.11. The number of anilines is 2. The van der Waals surface area contributed by atoms with Gasteiger partial charge in [0.1, 0.15) is 11.5 Å². The van der Waals surface area contributed by atoms with Crippen LogP contribution < -0.4 is 40.0 Å². The van der Waals surface area contributed by atoms with Crippen molar-refractivity contribution in [3.63, 3.8) is 0 Å². The van der Waals surface area contributed by atoms with Crippen LogP contribution in [-0.4, -0.2) is 16.9 Å². The van der Waals surface area contributed by atoms with Crippen LogP contribution in [0.2, 0.25) is 10.0 Å². The van der Waals surface area contributed by atoms with E-state index < -0.39 is 5.97 Å². The van der Waals surface area contributed by atoms with Crippen molar-refractivity contribution in [3.05, 3.63) is 98.5 Å². The Morgan fingerprint density at radius 3 is 2.60 bits per heavy atom. The number of allylic oxidation sites excluding steroid dienone is 2. The molecule has 202 valence electrons.